The van der Waals surface area contributed by atoms with Gasteiger partial charge in [-0.05, 0) is 30.7 Å². The summed E-state index contributed by atoms with van der Waals surface area (Å²) in [5.74, 6) is 0. The van der Waals surface area contributed by atoms with Gasteiger partial charge >= 0.3 is 0 Å². The van der Waals surface area contributed by atoms with E-state index in [-0.39, 0.29) is 0 Å². The molecule has 1 aromatic rings. The van der Waals surface area contributed by atoms with Gasteiger partial charge in [-0.25, -0.2) is 13.1 Å². The van der Waals surface area contributed by atoms with E-state index in [1.807, 2.05) is 24.3 Å². The van der Waals surface area contributed by atoms with Gasteiger partial charge in [0, 0.05) is 24.3 Å². The largest absolute Gasteiger partial charge is 0.389 e. The van der Waals surface area contributed by atoms with Gasteiger partial charge in [0.1, 0.15) is 4.99 Å². The molecule has 0 bridgehead atoms. The first-order chi connectivity index (χ1) is 8.38. The van der Waals surface area contributed by atoms with Crippen molar-refractivity contribution in [2.75, 3.05) is 24.7 Å². The number of hydrogen-bond acceptors (Lipinski definition) is 4. The molecule has 0 heterocycles. The van der Waals surface area contributed by atoms with Crippen LogP contribution in [0.25, 0.3) is 0 Å². The second-order valence-corrected chi connectivity index (χ2v) is 6.16. The zero-order valence-corrected chi connectivity index (χ0v) is 11.8. The van der Waals surface area contributed by atoms with Gasteiger partial charge < -0.3 is 11.1 Å². The summed E-state index contributed by atoms with van der Waals surface area (Å²) in [6.45, 7) is 1.12. The molecular weight excluding hydrogens is 270 g/mol. The van der Waals surface area contributed by atoms with E-state index in [0.29, 0.717) is 24.5 Å². The number of benzene rings is 1. The van der Waals surface area contributed by atoms with Crippen LogP contribution in [0.1, 0.15) is 12.0 Å². The maximum Gasteiger partial charge on any atom is 0.208 e. The van der Waals surface area contributed by atoms with E-state index in [1.165, 1.54) is 0 Å². The van der Waals surface area contributed by atoms with Gasteiger partial charge in [-0.15, -0.1) is 0 Å². The summed E-state index contributed by atoms with van der Waals surface area (Å²) in [6, 6.07) is 7.47. The Balaban J connectivity index is 2.29. The van der Waals surface area contributed by atoms with Gasteiger partial charge in [-0.2, -0.15) is 0 Å². The quantitative estimate of drug-likeness (QED) is 0.507. The first-order valence-electron chi connectivity index (χ1n) is 5.47. The first-order valence-corrected chi connectivity index (χ1v) is 7.77. The highest BCUT2D eigenvalue weighted by Gasteiger charge is 1.99. The Morgan fingerprint density at radius 2 is 1.89 bits per heavy atom. The van der Waals surface area contributed by atoms with E-state index in [4.69, 9.17) is 18.0 Å². The Morgan fingerprint density at radius 1 is 1.28 bits per heavy atom. The zero-order valence-electron chi connectivity index (χ0n) is 10.1. The van der Waals surface area contributed by atoms with Crippen LogP contribution in [-0.2, 0) is 10.0 Å². The molecule has 18 heavy (non-hydrogen) atoms. The highest BCUT2D eigenvalue weighted by Crippen LogP contribution is 2.09. The summed E-state index contributed by atoms with van der Waals surface area (Å²) in [5, 5.41) is 3.18. The molecule has 0 saturated carbocycles. The van der Waals surface area contributed by atoms with Gasteiger partial charge in [0.05, 0.1) is 6.26 Å². The maximum atomic E-state index is 10.8. The van der Waals surface area contributed by atoms with Gasteiger partial charge in [0.15, 0.2) is 0 Å². The fraction of sp³-hybridized carbons (Fsp3) is 0.364. The molecule has 0 atom stereocenters. The van der Waals surface area contributed by atoms with Crippen molar-refractivity contribution >= 4 is 32.9 Å². The van der Waals surface area contributed by atoms with E-state index in [2.05, 4.69) is 10.0 Å². The molecule has 5 nitrogen and oxygen atoms in total. The number of rotatable bonds is 7. The second-order valence-electron chi connectivity index (χ2n) is 3.89. The van der Waals surface area contributed by atoms with Gasteiger partial charge in [-0.1, -0.05) is 12.2 Å². The lowest BCUT2D eigenvalue weighted by atomic mass is 10.2. The number of anilines is 1. The molecule has 0 fully saturated rings. The van der Waals surface area contributed by atoms with E-state index in [0.717, 1.165) is 17.5 Å². The van der Waals surface area contributed by atoms with Crippen LogP contribution in [0.4, 0.5) is 5.69 Å². The predicted molar refractivity (Wildman–Crippen MR) is 78.3 cm³/mol. The van der Waals surface area contributed by atoms with Gasteiger partial charge in [0.2, 0.25) is 10.0 Å². The number of sulfonamides is 1. The number of nitrogens with one attached hydrogen (secondary N) is 2. The van der Waals surface area contributed by atoms with Crippen LogP contribution >= 0.6 is 12.2 Å². The Labute approximate surface area is 113 Å². The topological polar surface area (TPSA) is 84.2 Å². The standard InChI is InChI=1S/C11H17N3O2S2/c1-18(15,16)14-8-2-7-13-10-5-3-9(4-6-10)11(12)17/h3-6,13-14H,2,7-8H2,1H3,(H2,12,17). The van der Waals surface area contributed by atoms with Crippen molar-refractivity contribution < 1.29 is 8.42 Å². The van der Waals surface area contributed by atoms with E-state index in [1.54, 1.807) is 0 Å². The Morgan fingerprint density at radius 3 is 2.39 bits per heavy atom. The minimum absolute atomic E-state index is 0.374. The maximum absolute atomic E-state index is 10.8. The summed E-state index contributed by atoms with van der Waals surface area (Å²) in [5.41, 5.74) is 7.27. The van der Waals surface area contributed by atoms with Crippen LogP contribution in [0.2, 0.25) is 0 Å². The molecule has 0 unspecified atom stereocenters. The Kier molecular flexibility index (Phi) is 5.52. The normalized spacial score (nSPS) is 11.2. The predicted octanol–water partition coefficient (Wildman–Crippen LogP) is 0.672. The molecule has 0 saturated heterocycles. The third kappa shape index (κ3) is 5.95. The summed E-state index contributed by atoms with van der Waals surface area (Å²) in [4.78, 5) is 0.374. The average Bonchev–Trinajstić information content (AvgIpc) is 2.27. The van der Waals surface area contributed by atoms with Crippen LogP contribution in [0, 0.1) is 0 Å². The van der Waals surface area contributed by atoms with Crippen molar-refractivity contribution in [1.82, 2.24) is 4.72 Å². The molecule has 0 aliphatic rings. The molecule has 100 valence electrons. The van der Waals surface area contributed by atoms with Crippen LogP contribution in [0.3, 0.4) is 0 Å². The van der Waals surface area contributed by atoms with Crippen molar-refractivity contribution in [3.63, 3.8) is 0 Å². The fourth-order valence-corrected chi connectivity index (χ4v) is 1.98. The zero-order chi connectivity index (χ0) is 13.6. The molecule has 0 aliphatic carbocycles. The highest BCUT2D eigenvalue weighted by molar-refractivity contribution is 7.88. The fourth-order valence-electron chi connectivity index (χ4n) is 1.33. The molecule has 7 heteroatoms. The lowest BCUT2D eigenvalue weighted by molar-refractivity contribution is 0.586. The minimum atomic E-state index is -3.09. The molecule has 0 aromatic heterocycles. The third-order valence-corrected chi connectivity index (χ3v) is 3.18. The highest BCUT2D eigenvalue weighted by atomic mass is 32.2. The summed E-state index contributed by atoms with van der Waals surface area (Å²) >= 11 is 4.85. The first kappa shape index (κ1) is 14.9. The SMILES string of the molecule is CS(=O)(=O)NCCCNc1ccc(C(N)=S)cc1. The molecular formula is C11H17N3O2S2. The van der Waals surface area contributed by atoms with Crippen molar-refractivity contribution in [3.05, 3.63) is 29.8 Å². The van der Waals surface area contributed by atoms with Crippen molar-refractivity contribution in [2.24, 2.45) is 5.73 Å². The number of nitrogens with two attached hydrogens (primary N) is 1. The number of hydrogen-bond donors (Lipinski definition) is 3. The third-order valence-electron chi connectivity index (χ3n) is 2.22. The molecule has 0 amide bonds. The van der Waals surface area contributed by atoms with Crippen molar-refractivity contribution in [3.8, 4) is 0 Å². The Hall–Kier alpha value is -1.18. The summed E-state index contributed by atoms with van der Waals surface area (Å²) < 4.78 is 24.1. The smallest absolute Gasteiger partial charge is 0.208 e. The minimum Gasteiger partial charge on any atom is -0.389 e. The molecule has 4 N–H and O–H groups in total. The molecule has 1 aromatic carbocycles. The van der Waals surface area contributed by atoms with Crippen LogP contribution in [0.5, 0.6) is 0 Å². The lowest BCUT2D eigenvalue weighted by Gasteiger charge is -2.07. The summed E-state index contributed by atoms with van der Waals surface area (Å²) in [6.07, 6.45) is 1.86. The molecule has 0 aliphatic heterocycles. The summed E-state index contributed by atoms with van der Waals surface area (Å²) in [7, 11) is -3.09. The second kappa shape index (κ2) is 6.67. The van der Waals surface area contributed by atoms with E-state index in [9.17, 15) is 8.42 Å². The molecule has 0 radical (unpaired) electrons. The molecule has 0 spiro atoms. The Bertz CT molecular complexity index is 498. The molecule has 1 rings (SSSR count). The van der Waals surface area contributed by atoms with Gasteiger partial charge in [0.25, 0.3) is 0 Å². The monoisotopic (exact) mass is 287 g/mol. The average molecular weight is 287 g/mol. The van der Waals surface area contributed by atoms with E-state index < -0.39 is 10.0 Å². The van der Waals surface area contributed by atoms with Crippen LogP contribution < -0.4 is 15.8 Å². The van der Waals surface area contributed by atoms with E-state index >= 15 is 0 Å². The lowest BCUT2D eigenvalue weighted by Crippen LogP contribution is -2.24. The number of thiocarbonyl (C=S) groups is 1. The van der Waals surface area contributed by atoms with Crippen LogP contribution in [-0.4, -0.2) is 32.8 Å². The van der Waals surface area contributed by atoms with Gasteiger partial charge in [-0.3, -0.25) is 0 Å². The van der Waals surface area contributed by atoms with Crippen LogP contribution in [0.15, 0.2) is 24.3 Å². The van der Waals surface area contributed by atoms with Crippen molar-refractivity contribution in [2.45, 2.75) is 6.42 Å². The van der Waals surface area contributed by atoms with Crippen molar-refractivity contribution in [1.29, 1.82) is 0 Å².